The van der Waals surface area contributed by atoms with Gasteiger partial charge < -0.3 is 4.74 Å². The third-order valence-electron chi connectivity index (χ3n) is 1.58. The van der Waals surface area contributed by atoms with Crippen molar-refractivity contribution in [2.24, 2.45) is 0 Å². The van der Waals surface area contributed by atoms with E-state index in [0.29, 0.717) is 6.61 Å². The molecule has 0 fully saturated rings. The molecule has 84 valence electrons. The van der Waals surface area contributed by atoms with Crippen molar-refractivity contribution in [2.75, 3.05) is 19.8 Å². The molecule has 0 N–H and O–H groups in total. The van der Waals surface area contributed by atoms with Gasteiger partial charge in [0, 0.05) is 20.1 Å². The van der Waals surface area contributed by atoms with Crippen LogP contribution in [0, 0.1) is 0 Å². The first-order valence-corrected chi connectivity index (χ1v) is 5.15. The third kappa shape index (κ3) is 11.4. The maximum atomic E-state index is 10.3. The molecule has 4 heteroatoms. The van der Waals surface area contributed by atoms with Gasteiger partial charge in [0.15, 0.2) is 0 Å². The van der Waals surface area contributed by atoms with Crippen molar-refractivity contribution in [3.05, 3.63) is 0 Å². The maximum Gasteiger partial charge on any atom is 0.339 e. The summed E-state index contributed by atoms with van der Waals surface area (Å²) in [7, 11) is 0. The largest absolute Gasteiger partial charge is 0.381 e. The van der Waals surface area contributed by atoms with E-state index in [-0.39, 0.29) is 0 Å². The average molecular weight is 204 g/mol. The fourth-order valence-corrected chi connectivity index (χ4v) is 0.838. The molecule has 0 unspecified atom stereocenters. The second kappa shape index (κ2) is 10.5. The fraction of sp³-hybridized carbons (Fsp3) is 0.900. The van der Waals surface area contributed by atoms with E-state index < -0.39 is 5.97 Å². The van der Waals surface area contributed by atoms with Crippen molar-refractivity contribution in [3.63, 3.8) is 0 Å². The lowest BCUT2D eigenvalue weighted by Crippen LogP contribution is -2.03. The van der Waals surface area contributed by atoms with Crippen LogP contribution in [0.4, 0.5) is 0 Å². The molecule has 4 nitrogen and oxygen atoms in total. The first kappa shape index (κ1) is 13.4. The highest BCUT2D eigenvalue weighted by molar-refractivity contribution is 5.65. The van der Waals surface area contributed by atoms with E-state index in [9.17, 15) is 4.79 Å². The quantitative estimate of drug-likeness (QED) is 0.327. The average Bonchev–Trinajstić information content (AvgIpc) is 2.15. The Kier molecular flexibility index (Phi) is 10.0. The van der Waals surface area contributed by atoms with Gasteiger partial charge in [0.2, 0.25) is 0 Å². The Labute approximate surface area is 85.5 Å². The first-order valence-electron chi connectivity index (χ1n) is 5.15. The molecule has 0 aromatic heterocycles. The van der Waals surface area contributed by atoms with E-state index in [0.717, 1.165) is 38.9 Å². The highest BCUT2D eigenvalue weighted by Gasteiger charge is 1.94. The van der Waals surface area contributed by atoms with Gasteiger partial charge in [-0.2, -0.15) is 4.89 Å². The van der Waals surface area contributed by atoms with Crippen LogP contribution in [0.3, 0.4) is 0 Å². The second-order valence-corrected chi connectivity index (χ2v) is 3.07. The van der Waals surface area contributed by atoms with Gasteiger partial charge in [0.1, 0.15) is 0 Å². The summed E-state index contributed by atoms with van der Waals surface area (Å²) in [5, 5.41) is 0. The topological polar surface area (TPSA) is 44.8 Å². The lowest BCUT2D eigenvalue weighted by Gasteiger charge is -2.03. The molecule has 0 aliphatic carbocycles. The predicted octanol–water partition coefficient (Wildman–Crippen LogP) is 2.08. The predicted molar refractivity (Wildman–Crippen MR) is 52.7 cm³/mol. The van der Waals surface area contributed by atoms with Gasteiger partial charge in [-0.05, 0) is 19.3 Å². The molecule has 14 heavy (non-hydrogen) atoms. The SMILES string of the molecule is CCCCOCCCCOOC(C)=O. The fourth-order valence-electron chi connectivity index (χ4n) is 0.838. The standard InChI is InChI=1S/C10H20O4/c1-3-4-7-12-8-5-6-9-13-14-10(2)11/h3-9H2,1-2H3. The van der Waals surface area contributed by atoms with Crippen molar-refractivity contribution < 1.29 is 19.3 Å². The summed E-state index contributed by atoms with van der Waals surface area (Å²) in [5.41, 5.74) is 0. The van der Waals surface area contributed by atoms with Gasteiger partial charge in [-0.25, -0.2) is 4.79 Å². The number of unbranched alkanes of at least 4 members (excludes halogenated alkanes) is 2. The van der Waals surface area contributed by atoms with Crippen molar-refractivity contribution in [2.45, 2.75) is 39.5 Å². The summed E-state index contributed by atoms with van der Waals surface area (Å²) in [6.45, 7) is 5.48. The zero-order chi connectivity index (χ0) is 10.6. The number of hydrogen-bond acceptors (Lipinski definition) is 4. The Bertz CT molecular complexity index is 136. The minimum Gasteiger partial charge on any atom is -0.381 e. The number of ether oxygens (including phenoxy) is 1. The van der Waals surface area contributed by atoms with Crippen LogP contribution in [0.15, 0.2) is 0 Å². The summed E-state index contributed by atoms with van der Waals surface area (Å²) in [6.07, 6.45) is 4.06. The molecular formula is C10H20O4. The van der Waals surface area contributed by atoms with E-state index in [1.54, 1.807) is 0 Å². The van der Waals surface area contributed by atoms with Crippen molar-refractivity contribution in [3.8, 4) is 0 Å². The monoisotopic (exact) mass is 204 g/mol. The van der Waals surface area contributed by atoms with Gasteiger partial charge >= 0.3 is 5.97 Å². The summed E-state index contributed by atoms with van der Waals surface area (Å²) in [4.78, 5) is 19.2. The number of carbonyl (C=O) groups is 1. The van der Waals surface area contributed by atoms with E-state index in [2.05, 4.69) is 16.7 Å². The normalized spacial score (nSPS) is 10.1. The summed E-state index contributed by atoms with van der Waals surface area (Å²) in [6, 6.07) is 0. The zero-order valence-electron chi connectivity index (χ0n) is 9.08. The number of hydrogen-bond donors (Lipinski definition) is 0. The summed E-state index contributed by atoms with van der Waals surface area (Å²) in [5.74, 6) is -0.413. The molecule has 0 amide bonds. The van der Waals surface area contributed by atoms with Crippen LogP contribution in [-0.2, 0) is 19.3 Å². The molecule has 0 saturated carbocycles. The van der Waals surface area contributed by atoms with Crippen molar-refractivity contribution in [1.29, 1.82) is 0 Å². The van der Waals surface area contributed by atoms with Crippen LogP contribution < -0.4 is 0 Å². The molecular weight excluding hydrogens is 184 g/mol. The first-order chi connectivity index (χ1) is 6.77. The van der Waals surface area contributed by atoms with Gasteiger partial charge in [0.25, 0.3) is 0 Å². The van der Waals surface area contributed by atoms with Gasteiger partial charge in [-0.3, -0.25) is 4.89 Å². The van der Waals surface area contributed by atoms with E-state index >= 15 is 0 Å². The summed E-state index contributed by atoms with van der Waals surface area (Å²) < 4.78 is 5.34. The van der Waals surface area contributed by atoms with Crippen LogP contribution in [0.5, 0.6) is 0 Å². The molecule has 0 aromatic rings. The highest BCUT2D eigenvalue weighted by Crippen LogP contribution is 1.94. The summed E-state index contributed by atoms with van der Waals surface area (Å²) >= 11 is 0. The molecule has 0 heterocycles. The number of carbonyl (C=O) groups excluding carboxylic acids is 1. The Morgan fingerprint density at radius 1 is 1.07 bits per heavy atom. The Morgan fingerprint density at radius 3 is 2.36 bits per heavy atom. The van der Waals surface area contributed by atoms with E-state index in [4.69, 9.17) is 4.74 Å². The molecule has 0 radical (unpaired) electrons. The molecule has 0 spiro atoms. The molecule has 0 bridgehead atoms. The van der Waals surface area contributed by atoms with Crippen LogP contribution >= 0.6 is 0 Å². The van der Waals surface area contributed by atoms with Gasteiger partial charge in [0.05, 0.1) is 6.61 Å². The Hall–Kier alpha value is -0.610. The minimum atomic E-state index is -0.413. The maximum absolute atomic E-state index is 10.3. The molecule has 0 aliphatic rings. The highest BCUT2D eigenvalue weighted by atomic mass is 17.2. The minimum absolute atomic E-state index is 0.413. The van der Waals surface area contributed by atoms with Crippen LogP contribution in [0.25, 0.3) is 0 Å². The Balaban J connectivity index is 2.88. The van der Waals surface area contributed by atoms with Gasteiger partial charge in [-0.1, -0.05) is 13.3 Å². The lowest BCUT2D eigenvalue weighted by molar-refractivity contribution is -0.270. The van der Waals surface area contributed by atoms with Gasteiger partial charge in [-0.15, -0.1) is 0 Å². The molecule has 0 rings (SSSR count). The molecule has 0 aliphatic heterocycles. The third-order valence-corrected chi connectivity index (χ3v) is 1.58. The second-order valence-electron chi connectivity index (χ2n) is 3.07. The Morgan fingerprint density at radius 2 is 1.71 bits per heavy atom. The molecule has 0 saturated heterocycles. The van der Waals surface area contributed by atoms with E-state index in [1.807, 2.05) is 0 Å². The molecule has 0 aromatic carbocycles. The van der Waals surface area contributed by atoms with Crippen molar-refractivity contribution in [1.82, 2.24) is 0 Å². The zero-order valence-corrected chi connectivity index (χ0v) is 9.08. The lowest BCUT2D eigenvalue weighted by atomic mass is 10.3. The van der Waals surface area contributed by atoms with Crippen molar-refractivity contribution >= 4 is 5.97 Å². The molecule has 0 atom stereocenters. The van der Waals surface area contributed by atoms with Crippen LogP contribution in [0.2, 0.25) is 0 Å². The van der Waals surface area contributed by atoms with E-state index in [1.165, 1.54) is 6.92 Å². The number of rotatable bonds is 9. The van der Waals surface area contributed by atoms with Crippen LogP contribution in [-0.4, -0.2) is 25.8 Å². The van der Waals surface area contributed by atoms with Crippen LogP contribution in [0.1, 0.15) is 39.5 Å². The smallest absolute Gasteiger partial charge is 0.339 e.